The number of carbonyl (C=O) groups is 1. The molecule has 0 fully saturated rings. The second-order valence-electron chi connectivity index (χ2n) is 2.48. The first-order valence-electron chi connectivity index (χ1n) is 3.34. The van der Waals surface area contributed by atoms with Gasteiger partial charge < -0.3 is 5.73 Å². The molecule has 1 heterocycles. The number of nitrogen functional groups attached to an aromatic ring is 1. The van der Waals surface area contributed by atoms with E-state index in [0.29, 0.717) is 17.1 Å². The van der Waals surface area contributed by atoms with Gasteiger partial charge in [-0.2, -0.15) is 0 Å². The van der Waals surface area contributed by atoms with Gasteiger partial charge in [-0.1, -0.05) is 0 Å². The van der Waals surface area contributed by atoms with Crippen LogP contribution in [0.25, 0.3) is 0 Å². The van der Waals surface area contributed by atoms with Gasteiger partial charge in [0.25, 0.3) is 0 Å². The first kappa shape index (κ1) is 7.72. The zero-order valence-electron chi connectivity index (χ0n) is 6.59. The Kier molecular flexibility index (Phi) is 1.89. The summed E-state index contributed by atoms with van der Waals surface area (Å²) in [7, 11) is 0. The molecule has 0 spiro atoms. The van der Waals surface area contributed by atoms with E-state index in [-0.39, 0.29) is 0 Å². The van der Waals surface area contributed by atoms with Gasteiger partial charge in [-0.3, -0.25) is 4.79 Å². The van der Waals surface area contributed by atoms with E-state index in [0.717, 1.165) is 11.8 Å². The van der Waals surface area contributed by atoms with Crippen LogP contribution in [0.15, 0.2) is 6.07 Å². The molecule has 0 unspecified atom stereocenters. The molecular weight excluding hydrogens is 140 g/mol. The highest BCUT2D eigenvalue weighted by Crippen LogP contribution is 2.11. The molecule has 0 saturated heterocycles. The third kappa shape index (κ3) is 1.37. The highest BCUT2D eigenvalue weighted by Gasteiger charge is 2.02. The number of aldehydes is 1. The lowest BCUT2D eigenvalue weighted by Gasteiger charge is -2.02. The number of rotatable bonds is 1. The molecule has 11 heavy (non-hydrogen) atoms. The summed E-state index contributed by atoms with van der Waals surface area (Å²) >= 11 is 0. The normalized spacial score (nSPS) is 9.64. The van der Waals surface area contributed by atoms with Crippen LogP contribution in [-0.4, -0.2) is 11.3 Å². The lowest BCUT2D eigenvalue weighted by atomic mass is 10.1. The second-order valence-corrected chi connectivity index (χ2v) is 2.48. The fraction of sp³-hybridized carbons (Fsp3) is 0.250. The van der Waals surface area contributed by atoms with Gasteiger partial charge in [0.05, 0.1) is 5.69 Å². The van der Waals surface area contributed by atoms with Crippen molar-refractivity contribution in [3.63, 3.8) is 0 Å². The van der Waals surface area contributed by atoms with Gasteiger partial charge >= 0.3 is 0 Å². The SMILES string of the molecule is Cc1cc(N)nc(C)c1C=O. The van der Waals surface area contributed by atoms with Crippen LogP contribution in [0, 0.1) is 13.8 Å². The van der Waals surface area contributed by atoms with E-state index in [1.54, 1.807) is 13.0 Å². The molecule has 1 aromatic rings. The van der Waals surface area contributed by atoms with E-state index in [1.807, 2.05) is 6.92 Å². The van der Waals surface area contributed by atoms with Crippen molar-refractivity contribution < 1.29 is 4.79 Å². The third-order valence-corrected chi connectivity index (χ3v) is 1.59. The maximum absolute atomic E-state index is 10.5. The number of nitrogens with two attached hydrogens (primary N) is 1. The maximum atomic E-state index is 10.5. The molecular formula is C8H10N2O. The van der Waals surface area contributed by atoms with Crippen molar-refractivity contribution in [1.29, 1.82) is 0 Å². The molecule has 0 aliphatic heterocycles. The van der Waals surface area contributed by atoms with E-state index < -0.39 is 0 Å². The Labute approximate surface area is 65.2 Å². The average Bonchev–Trinajstić information content (AvgIpc) is 1.85. The number of aryl methyl sites for hydroxylation is 2. The van der Waals surface area contributed by atoms with E-state index in [4.69, 9.17) is 5.73 Å². The minimum atomic E-state index is 0.464. The Hall–Kier alpha value is -1.38. The van der Waals surface area contributed by atoms with Crippen molar-refractivity contribution in [3.8, 4) is 0 Å². The van der Waals surface area contributed by atoms with Crippen molar-refractivity contribution in [2.45, 2.75) is 13.8 Å². The molecule has 0 aliphatic rings. The Morgan fingerprint density at radius 2 is 2.18 bits per heavy atom. The minimum absolute atomic E-state index is 0.464. The van der Waals surface area contributed by atoms with Crippen molar-refractivity contribution in [2.75, 3.05) is 5.73 Å². The van der Waals surface area contributed by atoms with Crippen LogP contribution in [0.1, 0.15) is 21.6 Å². The van der Waals surface area contributed by atoms with Crippen LogP contribution in [0.2, 0.25) is 0 Å². The Morgan fingerprint density at radius 1 is 1.55 bits per heavy atom. The average molecular weight is 150 g/mol. The molecule has 58 valence electrons. The molecule has 2 N–H and O–H groups in total. The highest BCUT2D eigenvalue weighted by molar-refractivity contribution is 5.79. The number of anilines is 1. The standard InChI is InChI=1S/C8H10N2O/c1-5-3-8(9)10-6(2)7(5)4-11/h3-4H,1-2H3,(H2,9,10). The monoisotopic (exact) mass is 150 g/mol. The Bertz CT molecular complexity index is 271. The van der Waals surface area contributed by atoms with E-state index in [9.17, 15) is 4.79 Å². The predicted molar refractivity (Wildman–Crippen MR) is 43.5 cm³/mol. The van der Waals surface area contributed by atoms with Crippen molar-refractivity contribution >= 4 is 12.1 Å². The molecule has 1 rings (SSSR count). The number of hydrogen-bond donors (Lipinski definition) is 1. The van der Waals surface area contributed by atoms with Gasteiger partial charge in [-0.05, 0) is 25.5 Å². The largest absolute Gasteiger partial charge is 0.384 e. The zero-order valence-corrected chi connectivity index (χ0v) is 6.59. The summed E-state index contributed by atoms with van der Waals surface area (Å²) in [6, 6.07) is 1.69. The summed E-state index contributed by atoms with van der Waals surface area (Å²) in [5.74, 6) is 0.464. The van der Waals surface area contributed by atoms with Gasteiger partial charge in [0.15, 0.2) is 6.29 Å². The van der Waals surface area contributed by atoms with Crippen molar-refractivity contribution in [2.24, 2.45) is 0 Å². The lowest BCUT2D eigenvalue weighted by molar-refractivity contribution is 0.112. The fourth-order valence-corrected chi connectivity index (χ4v) is 1.05. The smallest absolute Gasteiger partial charge is 0.152 e. The topological polar surface area (TPSA) is 56.0 Å². The summed E-state index contributed by atoms with van der Waals surface area (Å²) in [6.45, 7) is 3.61. The quantitative estimate of drug-likeness (QED) is 0.610. The summed E-state index contributed by atoms with van der Waals surface area (Å²) < 4.78 is 0. The Balaban J connectivity index is 3.36. The van der Waals surface area contributed by atoms with Gasteiger partial charge in [0, 0.05) is 5.56 Å². The van der Waals surface area contributed by atoms with Crippen LogP contribution >= 0.6 is 0 Å². The second kappa shape index (κ2) is 2.70. The number of pyridine rings is 1. The molecule has 0 aromatic carbocycles. The molecule has 1 aromatic heterocycles. The molecule has 0 aliphatic carbocycles. The first-order chi connectivity index (χ1) is 5.15. The molecule has 0 saturated carbocycles. The highest BCUT2D eigenvalue weighted by atomic mass is 16.1. The zero-order chi connectivity index (χ0) is 8.43. The molecule has 0 radical (unpaired) electrons. The number of nitrogens with zero attached hydrogens (tertiary/aromatic N) is 1. The minimum Gasteiger partial charge on any atom is -0.384 e. The number of aromatic nitrogens is 1. The summed E-state index contributed by atoms with van der Waals surface area (Å²) in [5, 5.41) is 0. The summed E-state index contributed by atoms with van der Waals surface area (Å²) in [6.07, 6.45) is 0.803. The fourth-order valence-electron chi connectivity index (χ4n) is 1.05. The molecule has 3 heteroatoms. The van der Waals surface area contributed by atoms with Gasteiger partial charge in [-0.25, -0.2) is 4.98 Å². The Morgan fingerprint density at radius 3 is 2.64 bits per heavy atom. The lowest BCUT2D eigenvalue weighted by Crippen LogP contribution is -1.99. The maximum Gasteiger partial charge on any atom is 0.152 e. The van der Waals surface area contributed by atoms with Crippen molar-refractivity contribution in [1.82, 2.24) is 4.98 Å². The van der Waals surface area contributed by atoms with Crippen LogP contribution in [0.5, 0.6) is 0 Å². The molecule has 0 bridgehead atoms. The molecule has 0 amide bonds. The van der Waals surface area contributed by atoms with Gasteiger partial charge in [-0.15, -0.1) is 0 Å². The van der Waals surface area contributed by atoms with Crippen LogP contribution < -0.4 is 5.73 Å². The molecule has 0 atom stereocenters. The van der Waals surface area contributed by atoms with Gasteiger partial charge in [0.1, 0.15) is 5.82 Å². The van der Waals surface area contributed by atoms with Crippen molar-refractivity contribution in [3.05, 3.63) is 22.9 Å². The van der Waals surface area contributed by atoms with Gasteiger partial charge in [0.2, 0.25) is 0 Å². The van der Waals surface area contributed by atoms with Crippen LogP contribution in [-0.2, 0) is 0 Å². The van der Waals surface area contributed by atoms with E-state index in [1.165, 1.54) is 0 Å². The predicted octanol–water partition coefficient (Wildman–Crippen LogP) is 1.09. The number of carbonyl (C=O) groups excluding carboxylic acids is 1. The van der Waals surface area contributed by atoms with Crippen LogP contribution in [0.3, 0.4) is 0 Å². The first-order valence-corrected chi connectivity index (χ1v) is 3.34. The number of hydrogen-bond acceptors (Lipinski definition) is 3. The van der Waals surface area contributed by atoms with E-state index in [2.05, 4.69) is 4.98 Å². The summed E-state index contributed by atoms with van der Waals surface area (Å²) in [5.41, 5.74) is 7.67. The third-order valence-electron chi connectivity index (χ3n) is 1.59. The molecule has 3 nitrogen and oxygen atoms in total. The van der Waals surface area contributed by atoms with E-state index >= 15 is 0 Å². The summed E-state index contributed by atoms with van der Waals surface area (Å²) in [4.78, 5) is 14.4. The van der Waals surface area contributed by atoms with Crippen LogP contribution in [0.4, 0.5) is 5.82 Å².